The van der Waals surface area contributed by atoms with E-state index in [1.54, 1.807) is 48.5 Å². The minimum atomic E-state index is -3.83. The van der Waals surface area contributed by atoms with Crippen LogP contribution in [0.1, 0.15) is 11.1 Å². The maximum atomic E-state index is 13.5. The molecule has 1 aliphatic rings. The maximum absolute atomic E-state index is 13.5. The van der Waals surface area contributed by atoms with Crippen LogP contribution in [0.2, 0.25) is 0 Å². The first-order valence-corrected chi connectivity index (χ1v) is 14.4. The Morgan fingerprint density at radius 3 is 1.49 bits per heavy atom. The highest BCUT2D eigenvalue weighted by Gasteiger charge is 2.33. The Morgan fingerprint density at radius 1 is 0.692 bits per heavy atom. The molecule has 0 saturated carbocycles. The molecule has 4 aromatic carbocycles. The predicted molar refractivity (Wildman–Crippen MR) is 157 cm³/mol. The number of phenols is 2. The number of rotatable bonds is 6. The maximum Gasteiger partial charge on any atom is 0.207 e. The highest BCUT2D eigenvalue weighted by molar-refractivity contribution is 9.10. The van der Waals surface area contributed by atoms with E-state index >= 15 is 0 Å². The van der Waals surface area contributed by atoms with Gasteiger partial charge in [-0.3, -0.25) is 9.98 Å². The summed E-state index contributed by atoms with van der Waals surface area (Å²) in [5.41, 5.74) is 2.76. The van der Waals surface area contributed by atoms with E-state index in [9.17, 15) is 18.6 Å². The van der Waals surface area contributed by atoms with E-state index in [-0.39, 0.29) is 32.8 Å². The number of aliphatic imine (C=N–C) groups is 2. The number of aromatic hydroxyl groups is 2. The molecule has 0 radical (unpaired) electrons. The largest absolute Gasteiger partial charge is 0.504 e. The summed E-state index contributed by atoms with van der Waals surface area (Å²) < 4.78 is 38.6. The number of nitrogens with zero attached hydrogens (tertiary/aromatic N) is 2. The molecule has 0 atom stereocenters. The molecule has 0 spiro atoms. The average Bonchev–Trinajstić information content (AvgIpc) is 3.14. The van der Waals surface area contributed by atoms with E-state index < -0.39 is 9.84 Å². The number of sulfone groups is 1. The molecule has 39 heavy (non-hydrogen) atoms. The summed E-state index contributed by atoms with van der Waals surface area (Å²) in [6.07, 6.45) is 2.89. The first kappa shape index (κ1) is 26.9. The summed E-state index contributed by atoms with van der Waals surface area (Å²) in [5.74, 6) is 0.415. The van der Waals surface area contributed by atoms with E-state index in [0.29, 0.717) is 42.6 Å². The van der Waals surface area contributed by atoms with Gasteiger partial charge in [0, 0.05) is 43.6 Å². The average molecular weight is 672 g/mol. The molecule has 0 aliphatic carbocycles. The lowest BCUT2D eigenvalue weighted by Gasteiger charge is -2.07. The summed E-state index contributed by atoms with van der Waals surface area (Å²) in [5, 5.41) is 20.8. The van der Waals surface area contributed by atoms with Crippen LogP contribution in [0.4, 0.5) is 11.4 Å². The van der Waals surface area contributed by atoms with Crippen molar-refractivity contribution in [2.45, 2.75) is 9.79 Å². The van der Waals surface area contributed by atoms with Crippen molar-refractivity contribution >= 4 is 65.5 Å². The van der Waals surface area contributed by atoms with Crippen LogP contribution in [0, 0.1) is 0 Å². The van der Waals surface area contributed by atoms with Gasteiger partial charge >= 0.3 is 0 Å². The van der Waals surface area contributed by atoms with Gasteiger partial charge in [0.15, 0.2) is 23.0 Å². The zero-order valence-corrected chi connectivity index (χ0v) is 24.5. The molecule has 1 aliphatic heterocycles. The molecule has 1 heterocycles. The molecule has 2 N–H and O–H groups in total. The molecule has 198 valence electrons. The molecule has 0 aromatic heterocycles. The van der Waals surface area contributed by atoms with Crippen molar-refractivity contribution in [2.75, 3.05) is 14.2 Å². The standard InChI is InChI=1S/C28H20Br2N2O6S/c1-37-23-9-17(29)7-15(27(23)33)13-31-19-3-5-21-22-6-4-20(12-26(22)39(35,36)25(21)11-19)32-14-16-8-18(30)10-24(38-2)28(16)34/h3-14,33-34H,1-2H3. The van der Waals surface area contributed by atoms with Gasteiger partial charge in [-0.15, -0.1) is 0 Å². The van der Waals surface area contributed by atoms with Crippen molar-refractivity contribution in [3.8, 4) is 34.1 Å². The van der Waals surface area contributed by atoms with Gasteiger partial charge in [0.05, 0.1) is 35.4 Å². The van der Waals surface area contributed by atoms with Crippen molar-refractivity contribution in [3.05, 3.63) is 80.7 Å². The van der Waals surface area contributed by atoms with Crippen molar-refractivity contribution in [3.63, 3.8) is 0 Å². The molecule has 11 heteroatoms. The highest BCUT2D eigenvalue weighted by Crippen LogP contribution is 2.46. The van der Waals surface area contributed by atoms with Crippen molar-refractivity contribution in [2.24, 2.45) is 9.98 Å². The number of hydrogen-bond donors (Lipinski definition) is 2. The number of hydrogen-bond acceptors (Lipinski definition) is 8. The topological polar surface area (TPSA) is 118 Å². The molecule has 0 saturated heterocycles. The number of halogens is 2. The Hall–Kier alpha value is -3.67. The lowest BCUT2D eigenvalue weighted by Crippen LogP contribution is -1.96. The van der Waals surface area contributed by atoms with Crippen LogP contribution >= 0.6 is 31.9 Å². The third kappa shape index (κ3) is 5.05. The van der Waals surface area contributed by atoms with E-state index in [4.69, 9.17) is 9.47 Å². The van der Waals surface area contributed by atoms with Crippen LogP contribution in [-0.2, 0) is 9.84 Å². The Balaban J connectivity index is 1.47. The molecular weight excluding hydrogens is 652 g/mol. The molecule has 0 fully saturated rings. The third-order valence-electron chi connectivity index (χ3n) is 6.08. The Kier molecular flexibility index (Phi) is 7.23. The van der Waals surface area contributed by atoms with Crippen molar-refractivity contribution in [1.82, 2.24) is 0 Å². The molecule has 5 rings (SSSR count). The second kappa shape index (κ2) is 10.5. The number of fused-ring (bicyclic) bond motifs is 3. The van der Waals surface area contributed by atoms with E-state index in [2.05, 4.69) is 41.8 Å². The summed E-state index contributed by atoms with van der Waals surface area (Å²) in [6, 6.07) is 16.4. The van der Waals surface area contributed by atoms with Gasteiger partial charge in [-0.1, -0.05) is 44.0 Å². The number of methoxy groups -OCH3 is 2. The molecule has 0 amide bonds. The minimum Gasteiger partial charge on any atom is -0.504 e. The van der Waals surface area contributed by atoms with E-state index in [0.717, 1.165) is 0 Å². The first-order valence-electron chi connectivity index (χ1n) is 11.4. The summed E-state index contributed by atoms with van der Waals surface area (Å²) in [6.45, 7) is 0. The molecule has 0 bridgehead atoms. The fraction of sp³-hybridized carbons (Fsp3) is 0.0714. The summed E-state index contributed by atoms with van der Waals surface area (Å²) in [7, 11) is -0.932. The van der Waals surface area contributed by atoms with Gasteiger partial charge in [-0.2, -0.15) is 0 Å². The van der Waals surface area contributed by atoms with E-state index in [1.807, 2.05) is 0 Å². The lowest BCUT2D eigenvalue weighted by atomic mass is 10.1. The normalized spacial score (nSPS) is 13.5. The second-order valence-corrected chi connectivity index (χ2v) is 12.2. The van der Waals surface area contributed by atoms with Gasteiger partial charge in [0.25, 0.3) is 0 Å². The second-order valence-electron chi connectivity index (χ2n) is 8.47. The Morgan fingerprint density at radius 2 is 1.10 bits per heavy atom. The fourth-order valence-corrected chi connectivity index (χ4v) is 6.81. The monoisotopic (exact) mass is 670 g/mol. The van der Waals surface area contributed by atoms with Crippen LogP contribution < -0.4 is 9.47 Å². The van der Waals surface area contributed by atoms with Crippen LogP contribution in [-0.4, -0.2) is 45.3 Å². The van der Waals surface area contributed by atoms with Crippen LogP contribution in [0.25, 0.3) is 11.1 Å². The predicted octanol–water partition coefficient (Wildman–Crippen LogP) is 6.95. The van der Waals surface area contributed by atoms with Gasteiger partial charge in [-0.05, 0) is 48.5 Å². The number of ether oxygens (including phenoxy) is 2. The van der Waals surface area contributed by atoms with Gasteiger partial charge < -0.3 is 19.7 Å². The zero-order valence-electron chi connectivity index (χ0n) is 20.5. The van der Waals surface area contributed by atoms with Gasteiger partial charge in [0.1, 0.15) is 0 Å². The quantitative estimate of drug-likeness (QED) is 0.189. The lowest BCUT2D eigenvalue weighted by molar-refractivity contribution is 0.373. The molecule has 4 aromatic rings. The van der Waals surface area contributed by atoms with Gasteiger partial charge in [-0.25, -0.2) is 8.42 Å². The highest BCUT2D eigenvalue weighted by atomic mass is 79.9. The van der Waals surface area contributed by atoms with Crippen LogP contribution in [0.3, 0.4) is 0 Å². The van der Waals surface area contributed by atoms with Crippen molar-refractivity contribution < 1.29 is 28.1 Å². The van der Waals surface area contributed by atoms with Crippen LogP contribution in [0.5, 0.6) is 23.0 Å². The smallest absolute Gasteiger partial charge is 0.207 e. The first-order chi connectivity index (χ1) is 18.6. The molecular formula is C28H20Br2N2O6S. The zero-order chi connectivity index (χ0) is 27.9. The van der Waals surface area contributed by atoms with Crippen molar-refractivity contribution in [1.29, 1.82) is 0 Å². The summed E-state index contributed by atoms with van der Waals surface area (Å²) in [4.78, 5) is 9.04. The van der Waals surface area contributed by atoms with E-state index in [1.165, 1.54) is 38.8 Å². The minimum absolute atomic E-state index is 0.0756. The third-order valence-corrected chi connectivity index (χ3v) is 8.83. The fourth-order valence-electron chi connectivity index (χ4n) is 4.18. The number of phenolic OH excluding ortho intramolecular Hbond substituents is 2. The van der Waals surface area contributed by atoms with Crippen LogP contribution in [0.15, 0.2) is 89.4 Å². The Labute approximate surface area is 241 Å². The Bertz CT molecular complexity index is 1680. The molecule has 0 unspecified atom stereocenters. The van der Waals surface area contributed by atoms with Gasteiger partial charge in [0.2, 0.25) is 9.84 Å². The summed E-state index contributed by atoms with van der Waals surface area (Å²) >= 11 is 6.73. The molecule has 8 nitrogen and oxygen atoms in total. The SMILES string of the molecule is COc1cc(Br)cc(C=Nc2ccc3c(c2)S(=O)(=O)c2cc(N=Cc4cc(Br)cc(OC)c4O)ccc2-3)c1O. The number of benzene rings is 4.